The van der Waals surface area contributed by atoms with Crippen LogP contribution < -0.4 is 10.6 Å². The zero-order valence-corrected chi connectivity index (χ0v) is 11.5. The maximum atomic E-state index is 4.09. The van der Waals surface area contributed by atoms with Crippen LogP contribution in [0.5, 0.6) is 0 Å². The van der Waals surface area contributed by atoms with Gasteiger partial charge in [-0.05, 0) is 13.8 Å². The number of nitrogens with one attached hydrogen (secondary N) is 2. The van der Waals surface area contributed by atoms with Crippen LogP contribution in [0.3, 0.4) is 0 Å². The van der Waals surface area contributed by atoms with E-state index in [9.17, 15) is 0 Å². The summed E-state index contributed by atoms with van der Waals surface area (Å²) in [5.74, 6) is 0. The fourth-order valence-corrected chi connectivity index (χ4v) is 2.77. The number of aromatic nitrogens is 1. The summed E-state index contributed by atoms with van der Waals surface area (Å²) in [6, 6.07) is 0. The zero-order valence-electron chi connectivity index (χ0n) is 10.7. The molecule has 1 aliphatic heterocycles. The minimum atomic E-state index is 0.229. The van der Waals surface area contributed by atoms with Crippen molar-refractivity contribution in [2.75, 3.05) is 32.7 Å². The molecular weight excluding hydrogens is 232 g/mol. The van der Waals surface area contributed by atoms with E-state index < -0.39 is 0 Å². The molecule has 0 aliphatic carbocycles. The molecule has 2 heterocycles. The Bertz CT molecular complexity index is 317. The van der Waals surface area contributed by atoms with E-state index in [0.717, 1.165) is 39.3 Å². The quantitative estimate of drug-likeness (QED) is 0.820. The normalized spacial score (nSPS) is 18.5. The molecule has 0 radical (unpaired) electrons. The van der Waals surface area contributed by atoms with Crippen LogP contribution >= 0.6 is 11.3 Å². The average Bonchev–Trinajstić information content (AvgIpc) is 2.83. The van der Waals surface area contributed by atoms with Crippen molar-refractivity contribution in [2.45, 2.75) is 25.9 Å². The Balaban J connectivity index is 1.76. The summed E-state index contributed by atoms with van der Waals surface area (Å²) < 4.78 is 0. The lowest BCUT2D eigenvalue weighted by Gasteiger charge is -2.41. The molecule has 0 atom stereocenters. The minimum absolute atomic E-state index is 0.229. The van der Waals surface area contributed by atoms with Crippen molar-refractivity contribution in [1.82, 2.24) is 20.5 Å². The maximum absolute atomic E-state index is 4.09. The van der Waals surface area contributed by atoms with Gasteiger partial charge in [0.2, 0.25) is 0 Å². The molecule has 1 aliphatic rings. The van der Waals surface area contributed by atoms with Crippen LogP contribution in [0.25, 0.3) is 0 Å². The number of hydrogen-bond donors (Lipinski definition) is 2. The van der Waals surface area contributed by atoms with Crippen molar-refractivity contribution in [3.05, 3.63) is 16.6 Å². The largest absolute Gasteiger partial charge is 0.314 e. The van der Waals surface area contributed by atoms with E-state index in [4.69, 9.17) is 0 Å². The van der Waals surface area contributed by atoms with Crippen molar-refractivity contribution in [3.63, 3.8) is 0 Å². The van der Waals surface area contributed by atoms with E-state index in [2.05, 4.69) is 34.4 Å². The van der Waals surface area contributed by atoms with Crippen LogP contribution in [-0.4, -0.2) is 48.1 Å². The number of hydrogen-bond acceptors (Lipinski definition) is 5. The van der Waals surface area contributed by atoms with Gasteiger partial charge in [-0.15, -0.1) is 11.3 Å². The van der Waals surface area contributed by atoms with Gasteiger partial charge in [0.25, 0.3) is 0 Å². The van der Waals surface area contributed by atoms with Crippen LogP contribution in [0.1, 0.15) is 18.7 Å². The molecule has 1 aromatic heterocycles. The van der Waals surface area contributed by atoms with Gasteiger partial charge in [-0.3, -0.25) is 9.88 Å². The summed E-state index contributed by atoms with van der Waals surface area (Å²) in [5, 5.41) is 6.93. The molecular formula is C12H22N4S. The number of piperazine rings is 1. The third kappa shape index (κ3) is 3.74. The summed E-state index contributed by atoms with van der Waals surface area (Å²) in [4.78, 5) is 7.95. The Morgan fingerprint density at radius 2 is 2.24 bits per heavy atom. The Labute approximate surface area is 107 Å². The third-order valence-corrected chi connectivity index (χ3v) is 4.09. The predicted octanol–water partition coefficient (Wildman–Crippen LogP) is 0.916. The second-order valence-corrected chi connectivity index (χ2v) is 6.09. The highest BCUT2D eigenvalue weighted by atomic mass is 32.1. The van der Waals surface area contributed by atoms with Crippen molar-refractivity contribution >= 4 is 11.3 Å². The Morgan fingerprint density at radius 3 is 2.88 bits per heavy atom. The van der Waals surface area contributed by atoms with E-state index in [1.165, 1.54) is 4.88 Å². The van der Waals surface area contributed by atoms with Gasteiger partial charge in [0.1, 0.15) is 0 Å². The van der Waals surface area contributed by atoms with Gasteiger partial charge in [-0.25, -0.2) is 0 Å². The maximum Gasteiger partial charge on any atom is 0.0794 e. The highest BCUT2D eigenvalue weighted by Crippen LogP contribution is 2.14. The highest BCUT2D eigenvalue weighted by molar-refractivity contribution is 7.09. The van der Waals surface area contributed by atoms with Crippen LogP contribution in [0.2, 0.25) is 0 Å². The lowest BCUT2D eigenvalue weighted by Crippen LogP contribution is -2.57. The second kappa shape index (κ2) is 5.91. The van der Waals surface area contributed by atoms with E-state index in [0.29, 0.717) is 0 Å². The number of rotatable bonds is 5. The standard InChI is InChI=1S/C12H22N4S/c1-12(2,16-5-3-13-4-6-16)9-14-7-11-8-15-10-17-11/h8,10,13-14H,3-7,9H2,1-2H3. The molecule has 1 aromatic rings. The van der Waals surface area contributed by atoms with Gasteiger partial charge in [0.15, 0.2) is 0 Å². The molecule has 5 heteroatoms. The first-order valence-electron chi connectivity index (χ1n) is 6.22. The van der Waals surface area contributed by atoms with E-state index in [1.807, 2.05) is 11.7 Å². The number of nitrogens with zero attached hydrogens (tertiary/aromatic N) is 2. The molecule has 2 N–H and O–H groups in total. The molecule has 0 saturated carbocycles. The lowest BCUT2D eigenvalue weighted by molar-refractivity contribution is 0.102. The highest BCUT2D eigenvalue weighted by Gasteiger charge is 2.27. The van der Waals surface area contributed by atoms with E-state index in [-0.39, 0.29) is 5.54 Å². The Morgan fingerprint density at radius 1 is 1.47 bits per heavy atom. The molecule has 2 rings (SSSR count). The van der Waals surface area contributed by atoms with Gasteiger partial charge < -0.3 is 10.6 Å². The lowest BCUT2D eigenvalue weighted by atomic mass is 10.0. The summed E-state index contributed by atoms with van der Waals surface area (Å²) >= 11 is 1.71. The van der Waals surface area contributed by atoms with Crippen molar-refractivity contribution < 1.29 is 0 Å². The molecule has 17 heavy (non-hydrogen) atoms. The van der Waals surface area contributed by atoms with Crippen LogP contribution in [0, 0.1) is 0 Å². The summed E-state index contributed by atoms with van der Waals surface area (Å²) in [5.41, 5.74) is 2.12. The fourth-order valence-electron chi connectivity index (χ4n) is 2.20. The Kier molecular flexibility index (Phi) is 4.50. The van der Waals surface area contributed by atoms with Gasteiger partial charge in [0.05, 0.1) is 5.51 Å². The zero-order chi connectivity index (χ0) is 12.1. The first kappa shape index (κ1) is 13.0. The van der Waals surface area contributed by atoms with Crippen LogP contribution in [0.4, 0.5) is 0 Å². The second-order valence-electron chi connectivity index (χ2n) is 5.12. The molecule has 0 unspecified atom stereocenters. The summed E-state index contributed by atoms with van der Waals surface area (Å²) in [6.07, 6.45) is 1.94. The molecule has 0 spiro atoms. The Hall–Kier alpha value is -0.490. The molecule has 4 nitrogen and oxygen atoms in total. The van der Waals surface area contributed by atoms with E-state index >= 15 is 0 Å². The monoisotopic (exact) mass is 254 g/mol. The SMILES string of the molecule is CC(C)(CNCc1cncs1)N1CCNCC1. The van der Waals surface area contributed by atoms with Gasteiger partial charge in [0, 0.05) is 55.9 Å². The first-order chi connectivity index (χ1) is 8.18. The topological polar surface area (TPSA) is 40.2 Å². The molecule has 0 bridgehead atoms. The summed E-state index contributed by atoms with van der Waals surface area (Å²) in [7, 11) is 0. The van der Waals surface area contributed by atoms with Gasteiger partial charge >= 0.3 is 0 Å². The van der Waals surface area contributed by atoms with Crippen molar-refractivity contribution in [3.8, 4) is 0 Å². The third-order valence-electron chi connectivity index (χ3n) is 3.31. The molecule has 1 saturated heterocycles. The van der Waals surface area contributed by atoms with Crippen LogP contribution in [-0.2, 0) is 6.54 Å². The predicted molar refractivity (Wildman–Crippen MR) is 72.3 cm³/mol. The molecule has 96 valence electrons. The fraction of sp³-hybridized carbons (Fsp3) is 0.750. The van der Waals surface area contributed by atoms with Crippen molar-refractivity contribution in [2.24, 2.45) is 0 Å². The average molecular weight is 254 g/mol. The smallest absolute Gasteiger partial charge is 0.0794 e. The van der Waals surface area contributed by atoms with Gasteiger partial charge in [-0.1, -0.05) is 0 Å². The number of thiazole rings is 1. The van der Waals surface area contributed by atoms with Gasteiger partial charge in [-0.2, -0.15) is 0 Å². The summed E-state index contributed by atoms with van der Waals surface area (Å²) in [6.45, 7) is 11.1. The molecule has 0 aromatic carbocycles. The molecule has 0 amide bonds. The molecule has 1 fully saturated rings. The first-order valence-corrected chi connectivity index (χ1v) is 7.10. The van der Waals surface area contributed by atoms with E-state index in [1.54, 1.807) is 11.3 Å². The van der Waals surface area contributed by atoms with Crippen molar-refractivity contribution in [1.29, 1.82) is 0 Å². The minimum Gasteiger partial charge on any atom is -0.314 e. The van der Waals surface area contributed by atoms with Crippen LogP contribution in [0.15, 0.2) is 11.7 Å².